The van der Waals surface area contributed by atoms with Gasteiger partial charge >= 0.3 is 0 Å². The summed E-state index contributed by atoms with van der Waals surface area (Å²) < 4.78 is 0. The second-order valence-electron chi connectivity index (χ2n) is 6.91. The Morgan fingerprint density at radius 2 is 1.91 bits per heavy atom. The molecule has 2 heterocycles. The number of carbonyl (C=O) groups excluding carboxylic acids is 1. The molecule has 2 bridgehead atoms. The van der Waals surface area contributed by atoms with Gasteiger partial charge in [-0.3, -0.25) is 9.69 Å². The number of likely N-dealkylation sites (tertiary alicyclic amines) is 1. The van der Waals surface area contributed by atoms with Crippen LogP contribution in [0.4, 0.5) is 0 Å². The molecule has 0 saturated carbocycles. The second-order valence-corrected chi connectivity index (χ2v) is 6.91. The Balaban J connectivity index is 1.42. The summed E-state index contributed by atoms with van der Waals surface area (Å²) in [6, 6.07) is 9.61. The molecule has 3 heteroatoms. The molecule has 0 N–H and O–H groups in total. The smallest absolute Gasteiger partial charge is 0.222 e. The zero-order valence-electron chi connectivity index (χ0n) is 13.3. The zero-order chi connectivity index (χ0) is 15.1. The first kappa shape index (κ1) is 14.0. The third kappa shape index (κ3) is 2.38. The predicted octanol–water partition coefficient (Wildman–Crippen LogP) is 2.71. The normalized spacial score (nSPS) is 27.0. The molecule has 1 amide bonds. The van der Waals surface area contributed by atoms with Gasteiger partial charge in [-0.2, -0.15) is 0 Å². The number of hydrogen-bond donors (Lipinski definition) is 0. The van der Waals surface area contributed by atoms with E-state index < -0.39 is 0 Å². The van der Waals surface area contributed by atoms with Gasteiger partial charge in [0.25, 0.3) is 0 Å². The average Bonchev–Trinajstić information content (AvgIpc) is 3.04. The van der Waals surface area contributed by atoms with Gasteiger partial charge in [-0.05, 0) is 30.4 Å². The van der Waals surface area contributed by atoms with Gasteiger partial charge < -0.3 is 4.90 Å². The molecule has 1 aromatic rings. The van der Waals surface area contributed by atoms with Crippen LogP contribution in [0.15, 0.2) is 29.8 Å². The molecule has 0 radical (unpaired) electrons. The van der Waals surface area contributed by atoms with Crippen molar-refractivity contribution in [3.8, 4) is 0 Å². The van der Waals surface area contributed by atoms with E-state index in [1.54, 1.807) is 0 Å². The summed E-state index contributed by atoms with van der Waals surface area (Å²) in [6.45, 7) is 5.15. The topological polar surface area (TPSA) is 23.6 Å². The molecule has 2 atom stereocenters. The molecule has 0 unspecified atom stereocenters. The van der Waals surface area contributed by atoms with E-state index in [0.717, 1.165) is 26.1 Å². The third-order valence-electron chi connectivity index (χ3n) is 5.41. The lowest BCUT2D eigenvalue weighted by molar-refractivity contribution is -0.136. The van der Waals surface area contributed by atoms with E-state index in [1.165, 1.54) is 29.5 Å². The Hall–Kier alpha value is -1.61. The SMILES string of the molecule is CCC(=O)N1[C@@H]2CC[C@H]1CN(CC1=Cc3ccccc3C1)C2. The number of nitrogens with zero attached hydrogens (tertiary/aromatic N) is 2. The molecule has 22 heavy (non-hydrogen) atoms. The molecule has 3 aliphatic rings. The Labute approximate surface area is 132 Å². The molecule has 116 valence electrons. The van der Waals surface area contributed by atoms with Gasteiger partial charge in [0.1, 0.15) is 0 Å². The molecular formula is C19H24N2O. The molecule has 1 aromatic carbocycles. The number of amides is 1. The largest absolute Gasteiger partial charge is 0.334 e. The zero-order valence-corrected chi connectivity index (χ0v) is 13.3. The van der Waals surface area contributed by atoms with Crippen LogP contribution in [0.2, 0.25) is 0 Å². The minimum Gasteiger partial charge on any atom is -0.334 e. The van der Waals surface area contributed by atoms with Crippen molar-refractivity contribution in [2.24, 2.45) is 0 Å². The first-order valence-electron chi connectivity index (χ1n) is 8.55. The Morgan fingerprint density at radius 3 is 2.59 bits per heavy atom. The van der Waals surface area contributed by atoms with Crippen molar-refractivity contribution in [1.82, 2.24) is 9.80 Å². The van der Waals surface area contributed by atoms with Gasteiger partial charge in [-0.15, -0.1) is 0 Å². The highest BCUT2D eigenvalue weighted by atomic mass is 16.2. The molecule has 2 saturated heterocycles. The number of carbonyl (C=O) groups is 1. The second kappa shape index (κ2) is 5.54. The number of fused-ring (bicyclic) bond motifs is 3. The van der Waals surface area contributed by atoms with Crippen LogP contribution in [-0.2, 0) is 11.2 Å². The molecule has 4 rings (SSSR count). The van der Waals surface area contributed by atoms with Gasteiger partial charge in [0.2, 0.25) is 5.91 Å². The highest BCUT2D eigenvalue weighted by Crippen LogP contribution is 2.32. The van der Waals surface area contributed by atoms with Crippen molar-refractivity contribution in [3.63, 3.8) is 0 Å². The molecule has 0 spiro atoms. The Bertz CT molecular complexity index is 608. The standard InChI is InChI=1S/C19H24N2O/c1-2-19(22)21-17-7-8-18(21)13-20(12-17)11-14-9-15-5-3-4-6-16(15)10-14/h3-6,9,17-18H,2,7-8,10-13H2,1H3/t17-,18+. The van der Waals surface area contributed by atoms with Crippen LogP contribution >= 0.6 is 0 Å². The fourth-order valence-corrected chi connectivity index (χ4v) is 4.45. The summed E-state index contributed by atoms with van der Waals surface area (Å²) in [4.78, 5) is 16.9. The number of rotatable bonds is 3. The summed E-state index contributed by atoms with van der Waals surface area (Å²) in [5.41, 5.74) is 4.37. The van der Waals surface area contributed by atoms with Crippen molar-refractivity contribution in [1.29, 1.82) is 0 Å². The van der Waals surface area contributed by atoms with Gasteiger partial charge in [-0.1, -0.05) is 42.8 Å². The van der Waals surface area contributed by atoms with E-state index in [2.05, 4.69) is 40.1 Å². The van der Waals surface area contributed by atoms with Crippen LogP contribution in [0.5, 0.6) is 0 Å². The highest BCUT2D eigenvalue weighted by molar-refractivity contribution is 5.77. The molecule has 3 nitrogen and oxygen atoms in total. The quantitative estimate of drug-likeness (QED) is 0.856. The lowest BCUT2D eigenvalue weighted by Crippen LogP contribution is -2.55. The predicted molar refractivity (Wildman–Crippen MR) is 88.5 cm³/mol. The lowest BCUT2D eigenvalue weighted by atomic mass is 10.1. The van der Waals surface area contributed by atoms with Gasteiger partial charge in [0.05, 0.1) is 0 Å². The molecule has 2 aliphatic heterocycles. The van der Waals surface area contributed by atoms with Crippen LogP contribution in [0.1, 0.15) is 37.3 Å². The van der Waals surface area contributed by atoms with Crippen LogP contribution in [-0.4, -0.2) is 47.4 Å². The summed E-state index contributed by atoms with van der Waals surface area (Å²) in [5.74, 6) is 0.347. The molecular weight excluding hydrogens is 272 g/mol. The Morgan fingerprint density at radius 1 is 1.18 bits per heavy atom. The van der Waals surface area contributed by atoms with E-state index >= 15 is 0 Å². The minimum absolute atomic E-state index is 0.347. The summed E-state index contributed by atoms with van der Waals surface area (Å²) in [6.07, 6.45) is 6.48. The van der Waals surface area contributed by atoms with Crippen molar-refractivity contribution >= 4 is 12.0 Å². The van der Waals surface area contributed by atoms with Crippen LogP contribution < -0.4 is 0 Å². The first-order valence-corrected chi connectivity index (χ1v) is 8.55. The van der Waals surface area contributed by atoms with Crippen LogP contribution in [0.3, 0.4) is 0 Å². The third-order valence-corrected chi connectivity index (χ3v) is 5.41. The number of piperazine rings is 1. The lowest BCUT2D eigenvalue weighted by Gasteiger charge is -2.41. The first-order chi connectivity index (χ1) is 10.7. The highest BCUT2D eigenvalue weighted by Gasteiger charge is 2.41. The average molecular weight is 296 g/mol. The van der Waals surface area contributed by atoms with E-state index in [1.807, 2.05) is 6.92 Å². The van der Waals surface area contributed by atoms with E-state index in [4.69, 9.17) is 0 Å². The molecule has 2 fully saturated rings. The summed E-state index contributed by atoms with van der Waals surface area (Å²) in [7, 11) is 0. The van der Waals surface area contributed by atoms with Crippen LogP contribution in [0.25, 0.3) is 6.08 Å². The number of benzene rings is 1. The van der Waals surface area contributed by atoms with Crippen molar-refractivity contribution in [2.45, 2.75) is 44.7 Å². The van der Waals surface area contributed by atoms with Crippen molar-refractivity contribution in [2.75, 3.05) is 19.6 Å². The maximum atomic E-state index is 12.1. The minimum atomic E-state index is 0.347. The van der Waals surface area contributed by atoms with E-state index in [0.29, 0.717) is 24.4 Å². The van der Waals surface area contributed by atoms with E-state index in [-0.39, 0.29) is 0 Å². The van der Waals surface area contributed by atoms with Gasteiger partial charge in [0, 0.05) is 38.1 Å². The fourth-order valence-electron chi connectivity index (χ4n) is 4.45. The number of hydrogen-bond acceptors (Lipinski definition) is 2. The maximum absolute atomic E-state index is 12.1. The van der Waals surface area contributed by atoms with Crippen molar-refractivity contribution < 1.29 is 4.79 Å². The molecule has 1 aliphatic carbocycles. The van der Waals surface area contributed by atoms with Crippen LogP contribution in [0, 0.1) is 0 Å². The summed E-state index contributed by atoms with van der Waals surface area (Å²) >= 11 is 0. The fraction of sp³-hybridized carbons (Fsp3) is 0.526. The van der Waals surface area contributed by atoms with E-state index in [9.17, 15) is 4.79 Å². The van der Waals surface area contributed by atoms with Gasteiger partial charge in [0.15, 0.2) is 0 Å². The monoisotopic (exact) mass is 296 g/mol. The van der Waals surface area contributed by atoms with Crippen molar-refractivity contribution in [3.05, 3.63) is 41.0 Å². The van der Waals surface area contributed by atoms with Gasteiger partial charge in [-0.25, -0.2) is 0 Å². The Kier molecular flexibility index (Phi) is 3.53. The maximum Gasteiger partial charge on any atom is 0.222 e. The molecule has 0 aromatic heterocycles. The summed E-state index contributed by atoms with van der Waals surface area (Å²) in [5, 5.41) is 0.